The number of fused-ring (bicyclic) bond motifs is 1. The number of nitrogen functional groups attached to an aromatic ring is 1. The summed E-state index contributed by atoms with van der Waals surface area (Å²) < 4.78 is 5.84. The summed E-state index contributed by atoms with van der Waals surface area (Å²) in [6.07, 6.45) is 0.294. The van der Waals surface area contributed by atoms with Gasteiger partial charge in [-0.3, -0.25) is 5.32 Å². The number of anilines is 2. The average molecular weight is 295 g/mol. The van der Waals surface area contributed by atoms with Crippen LogP contribution in [0, 0.1) is 0 Å². The Labute approximate surface area is 126 Å². The van der Waals surface area contributed by atoms with E-state index in [-0.39, 0.29) is 5.82 Å². The predicted molar refractivity (Wildman–Crippen MR) is 84.3 cm³/mol. The second-order valence-electron chi connectivity index (χ2n) is 4.61. The van der Waals surface area contributed by atoms with Crippen LogP contribution in [-0.4, -0.2) is 16.2 Å². The smallest absolute Gasteiger partial charge is 0.410 e. The van der Waals surface area contributed by atoms with Gasteiger partial charge in [-0.25, -0.2) is 9.78 Å². The molecule has 0 spiro atoms. The highest BCUT2D eigenvalue weighted by Gasteiger charge is 2.07. The lowest BCUT2D eigenvalue weighted by Gasteiger charge is -2.11. The number of pyridine rings is 1. The lowest BCUT2D eigenvalue weighted by Crippen LogP contribution is -2.08. The van der Waals surface area contributed by atoms with E-state index >= 15 is 0 Å². The van der Waals surface area contributed by atoms with Crippen molar-refractivity contribution < 1.29 is 14.6 Å². The lowest BCUT2D eigenvalue weighted by atomic mass is 10.1. The average Bonchev–Trinajstić information content (AvgIpc) is 2.50. The molecule has 0 saturated heterocycles. The van der Waals surface area contributed by atoms with Crippen LogP contribution in [0.25, 0.3) is 10.8 Å². The number of amides is 1. The number of carboxylic acid groups (broad SMARTS) is 1. The van der Waals surface area contributed by atoms with E-state index in [1.807, 2.05) is 24.3 Å². The zero-order valence-electron chi connectivity index (χ0n) is 11.5. The van der Waals surface area contributed by atoms with Crippen molar-refractivity contribution in [3.63, 3.8) is 0 Å². The minimum atomic E-state index is -1.18. The number of carbonyl (C=O) groups is 1. The van der Waals surface area contributed by atoms with Gasteiger partial charge in [0.1, 0.15) is 17.3 Å². The van der Waals surface area contributed by atoms with Crippen LogP contribution in [0.1, 0.15) is 0 Å². The number of nitrogens with two attached hydrogens (primary N) is 1. The summed E-state index contributed by atoms with van der Waals surface area (Å²) in [5.74, 6) is 1.32. The van der Waals surface area contributed by atoms with E-state index in [0.29, 0.717) is 17.2 Å². The molecule has 22 heavy (non-hydrogen) atoms. The molecule has 6 nitrogen and oxygen atoms in total. The molecule has 0 aliphatic rings. The van der Waals surface area contributed by atoms with E-state index in [1.165, 1.54) is 12.3 Å². The van der Waals surface area contributed by atoms with Gasteiger partial charge in [-0.15, -0.1) is 0 Å². The fourth-order valence-electron chi connectivity index (χ4n) is 2.16. The summed E-state index contributed by atoms with van der Waals surface area (Å²) in [7, 11) is 0. The molecule has 2 aromatic carbocycles. The molecule has 4 N–H and O–H groups in total. The maximum atomic E-state index is 10.6. The largest absolute Gasteiger partial charge is 0.465 e. The number of benzene rings is 2. The number of hydrogen-bond acceptors (Lipinski definition) is 4. The molecule has 6 heteroatoms. The minimum absolute atomic E-state index is 0.199. The van der Waals surface area contributed by atoms with Crippen molar-refractivity contribution in [2.45, 2.75) is 0 Å². The molecular weight excluding hydrogens is 282 g/mol. The number of rotatable bonds is 3. The highest BCUT2D eigenvalue weighted by atomic mass is 16.5. The molecule has 1 aromatic heterocycles. The number of ether oxygens (including phenoxy) is 1. The Bertz CT molecular complexity index is 849. The molecule has 0 saturated carbocycles. The molecule has 0 atom stereocenters. The third kappa shape index (κ3) is 2.76. The van der Waals surface area contributed by atoms with Gasteiger partial charge in [0.05, 0.1) is 0 Å². The summed E-state index contributed by atoms with van der Waals surface area (Å²) in [5, 5.41) is 12.7. The number of hydrogen-bond donors (Lipinski definition) is 3. The molecule has 1 amide bonds. The van der Waals surface area contributed by atoms with Crippen molar-refractivity contribution in [3.05, 3.63) is 54.7 Å². The zero-order chi connectivity index (χ0) is 15.5. The molecule has 0 aliphatic heterocycles. The Morgan fingerprint density at radius 3 is 2.68 bits per heavy atom. The fourth-order valence-corrected chi connectivity index (χ4v) is 2.16. The van der Waals surface area contributed by atoms with Crippen molar-refractivity contribution in [1.82, 2.24) is 4.98 Å². The first-order valence-corrected chi connectivity index (χ1v) is 6.54. The van der Waals surface area contributed by atoms with Crippen LogP contribution in [0.3, 0.4) is 0 Å². The maximum Gasteiger partial charge on any atom is 0.410 e. The van der Waals surface area contributed by atoms with Gasteiger partial charge in [-0.2, -0.15) is 0 Å². The SMILES string of the molecule is Nc1ccc(Oc2ccnc(NC(=O)O)c2)c2ccccc12. The first-order chi connectivity index (χ1) is 10.6. The fraction of sp³-hybridized carbons (Fsp3) is 0. The van der Waals surface area contributed by atoms with Gasteiger partial charge in [-0.1, -0.05) is 24.3 Å². The van der Waals surface area contributed by atoms with Crippen molar-refractivity contribution in [1.29, 1.82) is 0 Å². The summed E-state index contributed by atoms with van der Waals surface area (Å²) in [6.45, 7) is 0. The monoisotopic (exact) mass is 295 g/mol. The van der Waals surface area contributed by atoms with E-state index < -0.39 is 6.09 Å². The van der Waals surface area contributed by atoms with Crippen molar-refractivity contribution in [2.24, 2.45) is 0 Å². The van der Waals surface area contributed by atoms with Crippen molar-refractivity contribution in [2.75, 3.05) is 11.1 Å². The van der Waals surface area contributed by atoms with E-state index in [9.17, 15) is 4.79 Å². The highest BCUT2D eigenvalue weighted by Crippen LogP contribution is 2.33. The third-order valence-corrected chi connectivity index (χ3v) is 3.11. The van der Waals surface area contributed by atoms with E-state index in [0.717, 1.165) is 10.8 Å². The lowest BCUT2D eigenvalue weighted by molar-refractivity contribution is 0.209. The standard InChI is InChI=1S/C16H13N3O3/c17-13-5-6-14(12-4-2-1-3-11(12)13)22-10-7-8-18-15(9-10)19-16(20)21/h1-9H,17H2,(H,18,19)(H,20,21). The Balaban J connectivity index is 1.97. The predicted octanol–water partition coefficient (Wildman–Crippen LogP) is 3.70. The van der Waals surface area contributed by atoms with Gasteiger partial charge in [-0.05, 0) is 18.2 Å². The topological polar surface area (TPSA) is 97.5 Å². The normalized spacial score (nSPS) is 10.4. The molecule has 0 fully saturated rings. The summed E-state index contributed by atoms with van der Waals surface area (Å²) in [6, 6.07) is 14.4. The van der Waals surface area contributed by atoms with Gasteiger partial charge in [0.15, 0.2) is 0 Å². The molecule has 3 rings (SSSR count). The first-order valence-electron chi connectivity index (χ1n) is 6.54. The maximum absolute atomic E-state index is 10.6. The van der Waals surface area contributed by atoms with Crippen LogP contribution >= 0.6 is 0 Å². The molecule has 1 heterocycles. The second kappa shape index (κ2) is 5.61. The second-order valence-corrected chi connectivity index (χ2v) is 4.61. The molecule has 0 unspecified atom stereocenters. The Kier molecular flexibility index (Phi) is 3.49. The number of aromatic nitrogens is 1. The van der Waals surface area contributed by atoms with Crippen LogP contribution in [-0.2, 0) is 0 Å². The van der Waals surface area contributed by atoms with Gasteiger partial charge >= 0.3 is 6.09 Å². The van der Waals surface area contributed by atoms with Crippen LogP contribution in [0.15, 0.2) is 54.7 Å². The molecule has 0 aliphatic carbocycles. The molecule has 3 aromatic rings. The minimum Gasteiger partial charge on any atom is -0.465 e. The van der Waals surface area contributed by atoms with Gasteiger partial charge in [0.2, 0.25) is 0 Å². The van der Waals surface area contributed by atoms with Crippen molar-refractivity contribution in [3.8, 4) is 11.5 Å². The summed E-state index contributed by atoms with van der Waals surface area (Å²) in [4.78, 5) is 14.6. The van der Waals surface area contributed by atoms with Crippen LogP contribution < -0.4 is 15.8 Å². The number of nitrogens with zero attached hydrogens (tertiary/aromatic N) is 1. The van der Waals surface area contributed by atoms with Crippen LogP contribution in [0.5, 0.6) is 11.5 Å². The van der Waals surface area contributed by atoms with E-state index in [4.69, 9.17) is 15.6 Å². The molecular formula is C16H13N3O3. The van der Waals surface area contributed by atoms with E-state index in [1.54, 1.807) is 18.2 Å². The third-order valence-electron chi connectivity index (χ3n) is 3.11. The van der Waals surface area contributed by atoms with Gasteiger partial charge in [0.25, 0.3) is 0 Å². The zero-order valence-corrected chi connectivity index (χ0v) is 11.5. The van der Waals surface area contributed by atoms with Crippen LogP contribution in [0.2, 0.25) is 0 Å². The Morgan fingerprint density at radius 2 is 1.91 bits per heavy atom. The Morgan fingerprint density at radius 1 is 1.14 bits per heavy atom. The van der Waals surface area contributed by atoms with Crippen LogP contribution in [0.4, 0.5) is 16.3 Å². The molecule has 0 radical (unpaired) electrons. The summed E-state index contributed by atoms with van der Waals surface area (Å²) >= 11 is 0. The molecule has 0 bridgehead atoms. The number of nitrogens with one attached hydrogen (secondary N) is 1. The van der Waals surface area contributed by atoms with Crippen molar-refractivity contribution >= 4 is 28.4 Å². The van der Waals surface area contributed by atoms with Gasteiger partial charge in [0, 0.05) is 28.7 Å². The summed E-state index contributed by atoms with van der Waals surface area (Å²) in [5.41, 5.74) is 6.63. The first kappa shape index (κ1) is 13.7. The van der Waals surface area contributed by atoms with Gasteiger partial charge < -0.3 is 15.6 Å². The quantitative estimate of drug-likeness (QED) is 0.640. The Hall–Kier alpha value is -3.28. The van der Waals surface area contributed by atoms with E-state index in [2.05, 4.69) is 10.3 Å². The highest BCUT2D eigenvalue weighted by molar-refractivity contribution is 5.97. The molecule has 110 valence electrons.